The number of urea groups is 1. The van der Waals surface area contributed by atoms with Gasteiger partial charge in [-0.2, -0.15) is 0 Å². The fraction of sp³-hybridized carbons (Fsp3) is 0.218. The highest BCUT2D eigenvalue weighted by molar-refractivity contribution is 9.10. The van der Waals surface area contributed by atoms with Crippen LogP contribution in [-0.4, -0.2) is 151 Å². The Morgan fingerprint density at radius 2 is 1.08 bits per heavy atom. The first kappa shape index (κ1) is 94.9. The summed E-state index contributed by atoms with van der Waals surface area (Å²) in [6, 6.07) is 83.9. The van der Waals surface area contributed by atoms with Gasteiger partial charge in [0.25, 0.3) is 23.6 Å². The smallest absolute Gasteiger partial charge is 0.319 e. The summed E-state index contributed by atoms with van der Waals surface area (Å²) in [5, 5.41) is 6.57. The molecule has 0 bridgehead atoms. The molecule has 1 saturated heterocycles. The van der Waals surface area contributed by atoms with Crippen molar-refractivity contribution in [1.29, 1.82) is 0 Å². The lowest BCUT2D eigenvalue weighted by atomic mass is 9.83. The third-order valence-corrected chi connectivity index (χ3v) is 26.7. The van der Waals surface area contributed by atoms with E-state index in [4.69, 9.17) is 78.2 Å². The van der Waals surface area contributed by atoms with Crippen molar-refractivity contribution < 1.29 is 37.9 Å². The van der Waals surface area contributed by atoms with Gasteiger partial charge in [0.2, 0.25) is 11.4 Å². The number of piperidine rings is 1. The van der Waals surface area contributed by atoms with Gasteiger partial charge in [-0.1, -0.05) is 227 Å². The number of likely N-dealkylation sites (N-methyl/N-ethyl adjacent to an activating group) is 2. The Morgan fingerprint density at radius 1 is 0.526 bits per heavy atom. The molecule has 7 amide bonds. The minimum absolute atomic E-state index is 0.103. The first-order valence-electron chi connectivity index (χ1n) is 42.7. The molecule has 32 heteroatoms. The Hall–Kier alpha value is -14.2. The number of carbonyl (C=O) groups is 6. The summed E-state index contributed by atoms with van der Waals surface area (Å²) < 4.78 is 11.5. The van der Waals surface area contributed by atoms with E-state index in [2.05, 4.69) is 51.5 Å². The van der Waals surface area contributed by atoms with Gasteiger partial charge in [0.1, 0.15) is 27.0 Å². The predicted octanol–water partition coefficient (Wildman–Crippen LogP) is 16.4. The number of rotatable bonds is 19. The molecule has 9 aromatic carbocycles. The second-order valence-corrected chi connectivity index (χ2v) is 36.3. The van der Waals surface area contributed by atoms with Gasteiger partial charge in [-0.3, -0.25) is 43.6 Å². The van der Waals surface area contributed by atoms with Gasteiger partial charge in [0.05, 0.1) is 32.7 Å². The number of methoxy groups -OCH3 is 1. The number of aliphatic imine (C=N–C) groups is 5. The molecule has 18 rings (SSSR count). The van der Waals surface area contributed by atoms with Crippen LogP contribution >= 0.6 is 62.7 Å². The molecule has 27 nitrogen and oxygen atoms in total. The summed E-state index contributed by atoms with van der Waals surface area (Å²) >= 11 is 22.5. The van der Waals surface area contributed by atoms with Crippen LogP contribution in [-0.2, 0) is 65.8 Å². The maximum absolute atomic E-state index is 14.0. The third kappa shape index (κ3) is 20.6. The molecular formula is C101H100BrCl2N19O8S2. The SMILES string of the molecule is CC(=O)N1CCC(CN2C(=O)C(C)(c3cccc(-c4ccoc4)c3)N=C2N)CC1.CC1(C)N=C(N)N(Cc2ccc(CNC(=O)Nc3ccc(Cl)cc3)cc2)C1=O.CN1C(=S)C(C)(c2cccc(Br)c2)N=C1N.COc1cccc(-c2ccc(C3(c4ccccc4)N=C(N)N(C)C3=O)s2)c1.NC1=NC(c2ccccc2)(c2ccccc2)C(=O)N1Cc1cccc(-c2cccnc2Cl)c1. The maximum Gasteiger partial charge on any atom is 0.319 e. The van der Waals surface area contributed by atoms with E-state index < -0.39 is 27.7 Å². The molecule has 1 fully saturated rings. The van der Waals surface area contributed by atoms with E-state index in [1.807, 2.05) is 268 Å². The lowest BCUT2D eigenvalue weighted by molar-refractivity contribution is -0.133. The number of halogens is 3. The van der Waals surface area contributed by atoms with Crippen LogP contribution in [0.5, 0.6) is 5.75 Å². The molecule has 6 aliphatic rings. The molecule has 0 saturated carbocycles. The minimum Gasteiger partial charge on any atom is -0.497 e. The van der Waals surface area contributed by atoms with Crippen LogP contribution in [0.3, 0.4) is 0 Å². The van der Waals surface area contributed by atoms with Crippen LogP contribution in [0.1, 0.15) is 96.8 Å². The standard InChI is InChI=1S/C27H21ClN4O.C22H26N4O3.C21H19N3O2S.C20H22ClN5O2.C11H12BrN3S/c28-24-23(15-8-16-30-24)20-10-7-9-19(17-20)18-32-25(33)27(31-26(32)29,21-11-3-1-4-12-21)22-13-5-2-6-14-22;1-15(27)25-9-6-16(7-10-25)13-26-20(28)22(2,24-21(26)23)19-5-3-4-17(12-19)18-8-11-29-14-18;1-24-19(25)21(23-20(24)22,15-8-4-3-5-9-15)18-12-11-17(27-18)14-7-6-10-16(13-14)26-2;1-20(2)17(27)26(18(22)25-20)12-14-5-3-13(4-6-14)11-23-19(28)24-16-9-7-15(21)8-10-16;1-11(7-4-3-5-8(12)6-7)9(16)15(2)10(13)14-11/h1-17H,18H2,(H2,29,31);3-5,8,11-12,14,16H,6-7,9-10,13H2,1-2H3,(H2,23,24);3-13H,1-2H3,(H2,22,23);3-10H,11-12H2,1-2H3,(H2,22,25)(H2,23,24,28);3-6H,1-2H3,(H2,13,14). The van der Waals surface area contributed by atoms with Gasteiger partial charge in [0.15, 0.2) is 40.9 Å². The quantitative estimate of drug-likeness (QED) is 0.0292. The zero-order valence-corrected chi connectivity index (χ0v) is 79.1. The average molecular weight is 1920 g/mol. The van der Waals surface area contributed by atoms with E-state index in [9.17, 15) is 28.8 Å². The van der Waals surface area contributed by atoms with Gasteiger partial charge in [-0.15, -0.1) is 11.3 Å². The predicted molar refractivity (Wildman–Crippen MR) is 532 cm³/mol. The number of furan rings is 1. The number of carbonyl (C=O) groups excluding carboxylic acids is 6. The second-order valence-electron chi connectivity index (χ2n) is 33.1. The fourth-order valence-electron chi connectivity index (χ4n) is 16.3. The number of benzene rings is 9. The van der Waals surface area contributed by atoms with Crippen LogP contribution in [0.25, 0.3) is 32.7 Å². The Morgan fingerprint density at radius 3 is 1.67 bits per heavy atom. The Balaban J connectivity index is 0.000000135. The van der Waals surface area contributed by atoms with E-state index in [-0.39, 0.29) is 59.4 Å². The van der Waals surface area contributed by atoms with Crippen molar-refractivity contribution in [2.24, 2.45) is 59.5 Å². The summed E-state index contributed by atoms with van der Waals surface area (Å²) in [4.78, 5) is 115. The summed E-state index contributed by atoms with van der Waals surface area (Å²) in [5.41, 5.74) is 37.9. The molecule has 12 aromatic rings. The lowest BCUT2D eigenvalue weighted by Gasteiger charge is -2.33. The number of likely N-dealkylation sites (tertiary alicyclic amines) is 1. The zero-order chi connectivity index (χ0) is 94.7. The number of pyridine rings is 1. The van der Waals surface area contributed by atoms with Gasteiger partial charge in [0, 0.05) is 89.5 Å². The first-order chi connectivity index (χ1) is 63.7. The van der Waals surface area contributed by atoms with Crippen molar-refractivity contribution in [3.63, 3.8) is 0 Å². The number of nitrogens with one attached hydrogen (secondary N) is 2. The van der Waals surface area contributed by atoms with Crippen molar-refractivity contribution >= 4 is 139 Å². The van der Waals surface area contributed by atoms with Crippen LogP contribution in [0, 0.1) is 5.92 Å². The van der Waals surface area contributed by atoms with Crippen LogP contribution in [0.15, 0.2) is 319 Å². The van der Waals surface area contributed by atoms with Crippen molar-refractivity contribution in [3.8, 4) is 38.4 Å². The second kappa shape index (κ2) is 40.7. The molecule has 0 aliphatic carbocycles. The highest BCUT2D eigenvalue weighted by atomic mass is 79.9. The first-order valence-corrected chi connectivity index (χ1v) is 45.4. The van der Waals surface area contributed by atoms with Crippen molar-refractivity contribution in [3.05, 3.63) is 350 Å². The number of hydrogen-bond donors (Lipinski definition) is 7. The zero-order valence-electron chi connectivity index (χ0n) is 74.3. The summed E-state index contributed by atoms with van der Waals surface area (Å²) in [6.07, 6.45) is 6.68. The molecule has 12 N–H and O–H groups in total. The molecular weight excluding hydrogens is 1820 g/mol. The average Bonchev–Trinajstić information content (AvgIpc) is 1.59. The monoisotopic (exact) mass is 1920 g/mol. The molecule has 680 valence electrons. The van der Waals surface area contributed by atoms with E-state index in [0.29, 0.717) is 53.9 Å². The van der Waals surface area contributed by atoms with E-state index >= 15 is 0 Å². The molecule has 0 radical (unpaired) electrons. The number of ether oxygens (including phenoxy) is 1. The van der Waals surface area contributed by atoms with E-state index in [1.54, 1.807) is 92.6 Å². The van der Waals surface area contributed by atoms with Crippen molar-refractivity contribution in [2.75, 3.05) is 46.2 Å². The van der Waals surface area contributed by atoms with Crippen LogP contribution in [0.4, 0.5) is 10.5 Å². The minimum atomic E-state index is -1.21. The largest absolute Gasteiger partial charge is 0.497 e. The number of nitrogens with zero attached hydrogens (tertiary/aromatic N) is 12. The molecule has 133 heavy (non-hydrogen) atoms. The molecule has 3 unspecified atom stereocenters. The Bertz CT molecular complexity index is 6440. The summed E-state index contributed by atoms with van der Waals surface area (Å²) in [6.45, 7) is 11.9. The summed E-state index contributed by atoms with van der Waals surface area (Å²) in [5.74, 6) is 2.04. The van der Waals surface area contributed by atoms with Crippen LogP contribution in [0.2, 0.25) is 10.2 Å². The number of guanidine groups is 5. The molecule has 9 heterocycles. The van der Waals surface area contributed by atoms with Gasteiger partial charge in [-0.25, -0.2) is 34.7 Å². The number of hydrogen-bond acceptors (Lipinski definition) is 21. The number of amides is 7. The van der Waals surface area contributed by atoms with Crippen molar-refractivity contribution in [2.45, 2.75) is 94.8 Å². The highest BCUT2D eigenvalue weighted by Gasteiger charge is 2.53. The number of thiophene rings is 1. The van der Waals surface area contributed by atoms with Crippen LogP contribution < -0.4 is 44.0 Å². The van der Waals surface area contributed by atoms with Gasteiger partial charge in [-0.05, 0) is 199 Å². The molecule has 6 aliphatic heterocycles. The van der Waals surface area contributed by atoms with Crippen molar-refractivity contribution in [1.82, 2.24) is 39.7 Å². The summed E-state index contributed by atoms with van der Waals surface area (Å²) in [7, 11) is 5.14. The van der Waals surface area contributed by atoms with E-state index in [1.165, 1.54) is 21.1 Å². The number of nitrogens with two attached hydrogens (primary N) is 5. The Kier molecular flexibility index (Phi) is 29.0. The fourth-order valence-corrected chi connectivity index (χ4v) is 18.5. The Labute approximate surface area is 799 Å². The van der Waals surface area contributed by atoms with Gasteiger partial charge < -0.3 is 58.3 Å². The van der Waals surface area contributed by atoms with Gasteiger partial charge >= 0.3 is 6.03 Å². The highest BCUT2D eigenvalue weighted by Crippen LogP contribution is 2.46. The molecule has 0 spiro atoms. The third-order valence-electron chi connectivity index (χ3n) is 23.8. The number of anilines is 1. The molecule has 3 atom stereocenters. The number of aromatic nitrogens is 1. The maximum atomic E-state index is 14.0. The molecule has 3 aromatic heterocycles. The normalized spacial score (nSPS) is 18.8. The van der Waals surface area contributed by atoms with E-state index in [0.717, 1.165) is 123 Å². The number of thiocarbonyl (C=S) groups is 1. The topological polar surface area (TPSA) is 373 Å². The lowest BCUT2D eigenvalue weighted by Crippen LogP contribution is -2.46.